The molecule has 2 amide bonds. The monoisotopic (exact) mass is 436 g/mol. The number of hydrogen-bond acceptors (Lipinski definition) is 9. The minimum atomic E-state index is -1.39. The molecule has 1 fully saturated rings. The number of aliphatic hydroxyl groups excluding tert-OH is 3. The number of primary amides is 1. The molecule has 0 aliphatic carbocycles. The number of fused-ring (bicyclic) bond motifs is 1. The molecule has 1 aliphatic heterocycles. The van der Waals surface area contributed by atoms with Crippen molar-refractivity contribution in [3.63, 3.8) is 0 Å². The van der Waals surface area contributed by atoms with Gasteiger partial charge >= 0.3 is 0 Å². The lowest BCUT2D eigenvalue weighted by molar-refractivity contribution is -0.118. The number of nitrogens with zero attached hydrogens (tertiary/aromatic N) is 3. The fourth-order valence-electron chi connectivity index (χ4n) is 3.70. The van der Waals surface area contributed by atoms with Crippen LogP contribution in [0.15, 0.2) is 12.5 Å². The second kappa shape index (κ2) is 9.24. The highest BCUT2D eigenvalue weighted by molar-refractivity contribution is 6.11. The number of likely N-dealkylation sites (N-methyl/N-ethyl adjacent to an activating group) is 1. The SMILES string of the molecule is CNC(CC(C)C)C(=O)Nc1ncnc2c1c(C(N)=O)cn2[C@@H]1O[C@H](CO)C(O)[C@@H]1O. The van der Waals surface area contributed by atoms with Crippen LogP contribution in [0.3, 0.4) is 0 Å². The fraction of sp³-hybridized carbons (Fsp3) is 0.579. The van der Waals surface area contributed by atoms with E-state index in [4.69, 9.17) is 10.5 Å². The van der Waals surface area contributed by atoms with Crippen LogP contribution in [0.1, 0.15) is 36.9 Å². The highest BCUT2D eigenvalue weighted by atomic mass is 16.6. The third-order valence-corrected chi connectivity index (χ3v) is 5.28. The molecule has 0 radical (unpaired) electrons. The van der Waals surface area contributed by atoms with Gasteiger partial charge in [0.1, 0.15) is 36.1 Å². The summed E-state index contributed by atoms with van der Waals surface area (Å²) in [5.41, 5.74) is 5.71. The molecule has 1 aliphatic rings. The summed E-state index contributed by atoms with van der Waals surface area (Å²) in [7, 11) is 1.68. The van der Waals surface area contributed by atoms with Gasteiger partial charge in [0, 0.05) is 6.20 Å². The number of anilines is 1. The number of aromatic nitrogens is 3. The number of carbonyl (C=O) groups excluding carboxylic acids is 2. The normalized spacial score (nSPS) is 24.6. The van der Waals surface area contributed by atoms with E-state index in [9.17, 15) is 24.9 Å². The Bertz CT molecular complexity index is 963. The molecular formula is C19H28N6O6. The molecular weight excluding hydrogens is 408 g/mol. The molecule has 3 rings (SSSR count). The van der Waals surface area contributed by atoms with E-state index in [2.05, 4.69) is 20.6 Å². The van der Waals surface area contributed by atoms with Crippen LogP contribution in [0.2, 0.25) is 0 Å². The van der Waals surface area contributed by atoms with Crippen LogP contribution in [0.5, 0.6) is 0 Å². The summed E-state index contributed by atoms with van der Waals surface area (Å²) >= 11 is 0. The largest absolute Gasteiger partial charge is 0.394 e. The van der Waals surface area contributed by atoms with Gasteiger partial charge < -0.3 is 41.0 Å². The quantitative estimate of drug-likeness (QED) is 0.293. The van der Waals surface area contributed by atoms with Crippen molar-refractivity contribution in [3.05, 3.63) is 18.1 Å². The third kappa shape index (κ3) is 4.38. The Morgan fingerprint density at radius 1 is 1.29 bits per heavy atom. The number of rotatable bonds is 8. The van der Waals surface area contributed by atoms with Crippen molar-refractivity contribution >= 4 is 28.7 Å². The third-order valence-electron chi connectivity index (χ3n) is 5.28. The lowest BCUT2D eigenvalue weighted by Gasteiger charge is -2.18. The molecule has 2 aromatic heterocycles. The summed E-state index contributed by atoms with van der Waals surface area (Å²) in [6.45, 7) is 3.48. The Hall–Kier alpha value is -2.64. The minimum absolute atomic E-state index is 0.00788. The van der Waals surface area contributed by atoms with Crippen molar-refractivity contribution in [2.75, 3.05) is 19.0 Å². The number of ether oxygens (including phenoxy) is 1. The summed E-state index contributed by atoms with van der Waals surface area (Å²) in [5.74, 6) is -0.790. The first-order valence-electron chi connectivity index (χ1n) is 9.95. The number of nitrogens with two attached hydrogens (primary N) is 1. The van der Waals surface area contributed by atoms with Crippen LogP contribution in [0, 0.1) is 5.92 Å². The van der Waals surface area contributed by atoms with Crippen molar-refractivity contribution < 1.29 is 29.6 Å². The van der Waals surface area contributed by atoms with Crippen molar-refractivity contribution in [1.82, 2.24) is 19.9 Å². The summed E-state index contributed by atoms with van der Waals surface area (Å²) in [6, 6.07) is -0.482. The van der Waals surface area contributed by atoms with Crippen molar-refractivity contribution in [2.45, 2.75) is 50.8 Å². The first-order chi connectivity index (χ1) is 14.7. The van der Waals surface area contributed by atoms with Crippen molar-refractivity contribution in [3.8, 4) is 0 Å². The molecule has 12 heteroatoms. The minimum Gasteiger partial charge on any atom is -0.394 e. The Morgan fingerprint density at radius 3 is 2.55 bits per heavy atom. The Kier molecular flexibility index (Phi) is 6.86. The van der Waals surface area contributed by atoms with E-state index in [1.807, 2.05) is 13.8 Å². The molecule has 1 saturated heterocycles. The Morgan fingerprint density at radius 2 is 2.00 bits per heavy atom. The lowest BCUT2D eigenvalue weighted by Crippen LogP contribution is -2.39. The van der Waals surface area contributed by atoms with Crippen molar-refractivity contribution in [1.29, 1.82) is 0 Å². The summed E-state index contributed by atoms with van der Waals surface area (Å²) in [5, 5.41) is 35.6. The first kappa shape index (κ1) is 23.0. The molecule has 0 aromatic carbocycles. The van der Waals surface area contributed by atoms with Gasteiger partial charge in [0.05, 0.1) is 23.6 Å². The van der Waals surface area contributed by atoms with Crippen molar-refractivity contribution in [2.24, 2.45) is 11.7 Å². The topological polar surface area (TPSA) is 185 Å². The molecule has 5 atom stereocenters. The molecule has 2 unspecified atom stereocenters. The van der Waals surface area contributed by atoms with E-state index in [1.165, 1.54) is 17.1 Å². The van der Waals surface area contributed by atoms with E-state index < -0.39 is 43.1 Å². The zero-order valence-electron chi connectivity index (χ0n) is 17.5. The van der Waals surface area contributed by atoms with Crippen LogP contribution in [-0.2, 0) is 9.53 Å². The zero-order chi connectivity index (χ0) is 22.9. The van der Waals surface area contributed by atoms with Gasteiger partial charge in [-0.3, -0.25) is 9.59 Å². The van der Waals surface area contributed by atoms with E-state index in [0.717, 1.165) is 0 Å². The van der Waals surface area contributed by atoms with Gasteiger partial charge in [0.15, 0.2) is 6.23 Å². The van der Waals surface area contributed by atoms with E-state index in [1.54, 1.807) is 7.05 Å². The van der Waals surface area contributed by atoms with Gasteiger partial charge in [-0.1, -0.05) is 13.8 Å². The number of carbonyl (C=O) groups is 2. The van der Waals surface area contributed by atoms with Gasteiger partial charge in [-0.05, 0) is 19.4 Å². The average Bonchev–Trinajstić information content (AvgIpc) is 3.25. The molecule has 2 aromatic rings. The van der Waals surface area contributed by atoms with E-state index in [0.29, 0.717) is 6.42 Å². The predicted molar refractivity (Wildman–Crippen MR) is 110 cm³/mol. The van der Waals surface area contributed by atoms with Crippen LogP contribution >= 0.6 is 0 Å². The molecule has 0 spiro atoms. The standard InChI is InChI=1S/C19H28N6O6/c1-8(2)4-10(21-3)18(30)24-16-12-9(15(20)29)5-25(17(12)23-7-22-16)19-14(28)13(27)11(6-26)31-19/h5,7-8,10-11,13-14,19,21,26-28H,4,6H2,1-3H3,(H2,20,29)(H,22,23,24,30)/t10?,11-,13?,14+,19-/m1/s1. The predicted octanol–water partition coefficient (Wildman–Crippen LogP) is -1.29. The molecule has 170 valence electrons. The Balaban J connectivity index is 2.04. The van der Waals surface area contributed by atoms with Gasteiger partial charge in [-0.15, -0.1) is 0 Å². The van der Waals surface area contributed by atoms with Gasteiger partial charge in [-0.25, -0.2) is 9.97 Å². The number of nitrogens with one attached hydrogen (secondary N) is 2. The van der Waals surface area contributed by atoms with Gasteiger partial charge in [-0.2, -0.15) is 0 Å². The second-order valence-corrected chi connectivity index (χ2v) is 7.92. The van der Waals surface area contributed by atoms with Gasteiger partial charge in [0.25, 0.3) is 5.91 Å². The average molecular weight is 436 g/mol. The fourth-order valence-corrected chi connectivity index (χ4v) is 3.70. The highest BCUT2D eigenvalue weighted by Gasteiger charge is 2.44. The van der Waals surface area contributed by atoms with Crippen LogP contribution < -0.4 is 16.4 Å². The maximum atomic E-state index is 12.8. The first-order valence-corrected chi connectivity index (χ1v) is 9.95. The molecule has 12 nitrogen and oxygen atoms in total. The highest BCUT2D eigenvalue weighted by Crippen LogP contribution is 2.35. The van der Waals surface area contributed by atoms with Crippen LogP contribution in [0.25, 0.3) is 11.0 Å². The zero-order valence-corrected chi connectivity index (χ0v) is 17.5. The van der Waals surface area contributed by atoms with Gasteiger partial charge in [0.2, 0.25) is 5.91 Å². The molecule has 3 heterocycles. The maximum absolute atomic E-state index is 12.8. The summed E-state index contributed by atoms with van der Waals surface area (Å²) in [4.78, 5) is 33.1. The number of aliphatic hydroxyl groups is 3. The van der Waals surface area contributed by atoms with E-state index >= 15 is 0 Å². The molecule has 0 bridgehead atoms. The maximum Gasteiger partial charge on any atom is 0.251 e. The number of amides is 2. The summed E-state index contributed by atoms with van der Waals surface area (Å²) in [6.07, 6.45) is -1.77. The second-order valence-electron chi connectivity index (χ2n) is 7.92. The molecule has 0 saturated carbocycles. The van der Waals surface area contributed by atoms with Crippen LogP contribution in [-0.4, -0.2) is 79.7 Å². The van der Waals surface area contributed by atoms with E-state index in [-0.39, 0.29) is 34.2 Å². The van der Waals surface area contributed by atoms with Crippen LogP contribution in [0.4, 0.5) is 5.82 Å². The Labute approximate surface area is 178 Å². The number of hydrogen-bond donors (Lipinski definition) is 6. The summed E-state index contributed by atoms with van der Waals surface area (Å²) < 4.78 is 6.88. The molecule has 31 heavy (non-hydrogen) atoms. The molecule has 7 N–H and O–H groups in total. The lowest BCUT2D eigenvalue weighted by atomic mass is 10.0. The smallest absolute Gasteiger partial charge is 0.251 e.